The summed E-state index contributed by atoms with van der Waals surface area (Å²) < 4.78 is 0. The second-order valence-electron chi connectivity index (χ2n) is 5.05. The Kier molecular flexibility index (Phi) is 2.96. The summed E-state index contributed by atoms with van der Waals surface area (Å²) in [4.78, 5) is 14.5. The molecule has 0 aromatic heterocycles. The number of piperidine rings is 1. The average molecular weight is 207 g/mol. The zero-order valence-electron chi connectivity index (χ0n) is 9.99. The lowest BCUT2D eigenvalue weighted by atomic mass is 9.85. The van der Waals surface area contributed by atoms with Crippen molar-refractivity contribution in [1.29, 1.82) is 0 Å². The van der Waals surface area contributed by atoms with Crippen molar-refractivity contribution in [2.24, 2.45) is 5.92 Å². The van der Waals surface area contributed by atoms with Gasteiger partial charge in [-0.25, -0.2) is 0 Å². The van der Waals surface area contributed by atoms with Crippen LogP contribution in [0, 0.1) is 5.92 Å². The first-order valence-electron chi connectivity index (χ1n) is 6.02. The molecule has 2 saturated heterocycles. The maximum absolute atomic E-state index is 12.1. The minimum atomic E-state index is 0.301. The smallest absolute Gasteiger partial charge is 0.161 e. The number of ketones is 1. The SMILES string of the molecule is CC=C(C)C(=O)C1CC2CCC(C1)N2C. The summed E-state index contributed by atoms with van der Waals surface area (Å²) in [6.07, 6.45) is 6.69. The lowest BCUT2D eigenvalue weighted by Crippen LogP contribution is -2.42. The minimum absolute atomic E-state index is 0.301. The van der Waals surface area contributed by atoms with E-state index in [2.05, 4.69) is 11.9 Å². The molecule has 0 aromatic carbocycles. The Morgan fingerprint density at radius 1 is 1.27 bits per heavy atom. The molecular weight excluding hydrogens is 186 g/mol. The van der Waals surface area contributed by atoms with Crippen LogP contribution in [0.25, 0.3) is 0 Å². The third-order valence-electron chi connectivity index (χ3n) is 4.29. The Balaban J connectivity index is 2.06. The van der Waals surface area contributed by atoms with Gasteiger partial charge in [-0.05, 0) is 52.2 Å². The van der Waals surface area contributed by atoms with Crippen LogP contribution in [0.1, 0.15) is 39.5 Å². The van der Waals surface area contributed by atoms with Crippen LogP contribution in [0.4, 0.5) is 0 Å². The minimum Gasteiger partial charge on any atom is -0.300 e. The van der Waals surface area contributed by atoms with Crippen molar-refractivity contribution in [1.82, 2.24) is 4.90 Å². The molecule has 2 heterocycles. The molecule has 15 heavy (non-hydrogen) atoms. The lowest BCUT2D eigenvalue weighted by molar-refractivity contribution is -0.121. The Morgan fingerprint density at radius 3 is 2.27 bits per heavy atom. The monoisotopic (exact) mass is 207 g/mol. The molecule has 2 rings (SSSR count). The summed E-state index contributed by atoms with van der Waals surface area (Å²) in [7, 11) is 2.21. The van der Waals surface area contributed by atoms with E-state index in [1.807, 2.05) is 19.9 Å². The van der Waals surface area contributed by atoms with E-state index in [4.69, 9.17) is 0 Å². The van der Waals surface area contributed by atoms with Crippen LogP contribution < -0.4 is 0 Å². The van der Waals surface area contributed by atoms with Crippen LogP contribution in [-0.2, 0) is 4.79 Å². The summed E-state index contributed by atoms with van der Waals surface area (Å²) in [5.41, 5.74) is 0.948. The lowest BCUT2D eigenvalue weighted by Gasteiger charge is -2.35. The largest absolute Gasteiger partial charge is 0.300 e. The summed E-state index contributed by atoms with van der Waals surface area (Å²) in [6, 6.07) is 1.34. The summed E-state index contributed by atoms with van der Waals surface area (Å²) in [5.74, 6) is 0.692. The van der Waals surface area contributed by atoms with E-state index in [0.29, 0.717) is 23.8 Å². The molecule has 0 N–H and O–H groups in total. The van der Waals surface area contributed by atoms with Crippen LogP contribution in [-0.4, -0.2) is 29.8 Å². The van der Waals surface area contributed by atoms with Gasteiger partial charge in [0.1, 0.15) is 0 Å². The summed E-state index contributed by atoms with van der Waals surface area (Å²) >= 11 is 0. The molecule has 2 fully saturated rings. The van der Waals surface area contributed by atoms with Crippen LogP contribution in [0.2, 0.25) is 0 Å². The van der Waals surface area contributed by atoms with E-state index < -0.39 is 0 Å². The number of nitrogens with zero attached hydrogens (tertiary/aromatic N) is 1. The number of carbonyl (C=O) groups excluding carboxylic acids is 1. The molecule has 2 heteroatoms. The number of hydrogen-bond donors (Lipinski definition) is 0. The Hall–Kier alpha value is -0.630. The Morgan fingerprint density at radius 2 is 1.80 bits per heavy atom. The van der Waals surface area contributed by atoms with Gasteiger partial charge in [0, 0.05) is 18.0 Å². The van der Waals surface area contributed by atoms with Crippen molar-refractivity contribution >= 4 is 5.78 Å². The van der Waals surface area contributed by atoms with Crippen molar-refractivity contribution in [2.45, 2.75) is 51.6 Å². The van der Waals surface area contributed by atoms with Crippen molar-refractivity contribution in [3.8, 4) is 0 Å². The summed E-state index contributed by atoms with van der Waals surface area (Å²) in [6.45, 7) is 3.90. The molecule has 0 spiro atoms. The zero-order valence-corrected chi connectivity index (χ0v) is 9.99. The number of carbonyl (C=O) groups is 1. The Bertz CT molecular complexity index is 281. The maximum atomic E-state index is 12.1. The molecule has 84 valence electrons. The highest BCUT2D eigenvalue weighted by Crippen LogP contribution is 2.38. The summed E-state index contributed by atoms with van der Waals surface area (Å²) in [5, 5.41) is 0. The van der Waals surface area contributed by atoms with Gasteiger partial charge in [0.2, 0.25) is 0 Å². The normalized spacial score (nSPS) is 37.0. The van der Waals surface area contributed by atoms with Crippen molar-refractivity contribution in [3.05, 3.63) is 11.6 Å². The third kappa shape index (κ3) is 1.87. The van der Waals surface area contributed by atoms with E-state index >= 15 is 0 Å². The number of rotatable bonds is 2. The molecule has 2 bridgehead atoms. The van der Waals surface area contributed by atoms with Crippen LogP contribution in [0.5, 0.6) is 0 Å². The fraction of sp³-hybridized carbons (Fsp3) is 0.769. The van der Waals surface area contributed by atoms with Gasteiger partial charge in [-0.3, -0.25) is 4.79 Å². The number of hydrogen-bond acceptors (Lipinski definition) is 2. The molecule has 0 aromatic rings. The highest BCUT2D eigenvalue weighted by molar-refractivity contribution is 5.96. The topological polar surface area (TPSA) is 20.3 Å². The van der Waals surface area contributed by atoms with Crippen LogP contribution in [0.15, 0.2) is 11.6 Å². The molecule has 0 saturated carbocycles. The number of allylic oxidation sites excluding steroid dienone is 2. The van der Waals surface area contributed by atoms with Crippen LogP contribution in [0.3, 0.4) is 0 Å². The Labute approximate surface area is 92.3 Å². The first-order chi connectivity index (χ1) is 7.13. The molecule has 0 amide bonds. The highest BCUT2D eigenvalue weighted by Gasteiger charge is 2.40. The standard InChI is InChI=1S/C13H21NO/c1-4-9(2)13(15)10-7-11-5-6-12(8-10)14(11)3/h4,10-12H,5-8H2,1-3H3. The quantitative estimate of drug-likeness (QED) is 0.648. The van der Waals surface area contributed by atoms with Crippen LogP contribution >= 0.6 is 0 Å². The zero-order chi connectivity index (χ0) is 11.0. The second-order valence-corrected chi connectivity index (χ2v) is 5.05. The van der Waals surface area contributed by atoms with Gasteiger partial charge in [-0.15, -0.1) is 0 Å². The fourth-order valence-corrected chi connectivity index (χ4v) is 3.09. The van der Waals surface area contributed by atoms with Gasteiger partial charge in [-0.2, -0.15) is 0 Å². The first kappa shape index (κ1) is 10.9. The van der Waals surface area contributed by atoms with E-state index in [9.17, 15) is 4.79 Å². The van der Waals surface area contributed by atoms with Gasteiger partial charge < -0.3 is 4.90 Å². The van der Waals surface area contributed by atoms with E-state index in [-0.39, 0.29) is 0 Å². The van der Waals surface area contributed by atoms with Crippen molar-refractivity contribution < 1.29 is 4.79 Å². The molecule has 2 nitrogen and oxygen atoms in total. The molecule has 2 unspecified atom stereocenters. The van der Waals surface area contributed by atoms with Gasteiger partial charge in [-0.1, -0.05) is 6.08 Å². The van der Waals surface area contributed by atoms with E-state index in [1.165, 1.54) is 12.8 Å². The molecule has 2 aliphatic heterocycles. The number of fused-ring (bicyclic) bond motifs is 2. The molecule has 2 atom stereocenters. The fourth-order valence-electron chi connectivity index (χ4n) is 3.09. The molecule has 0 aliphatic carbocycles. The molecular formula is C13H21NO. The first-order valence-corrected chi connectivity index (χ1v) is 6.02. The maximum Gasteiger partial charge on any atom is 0.161 e. The van der Waals surface area contributed by atoms with Gasteiger partial charge >= 0.3 is 0 Å². The second kappa shape index (κ2) is 4.09. The predicted octanol–water partition coefficient (Wildman–Crippen LogP) is 2.39. The third-order valence-corrected chi connectivity index (χ3v) is 4.29. The van der Waals surface area contributed by atoms with Gasteiger partial charge in [0.05, 0.1) is 0 Å². The highest BCUT2D eigenvalue weighted by atomic mass is 16.1. The van der Waals surface area contributed by atoms with Crippen molar-refractivity contribution in [2.75, 3.05) is 7.05 Å². The van der Waals surface area contributed by atoms with Gasteiger partial charge in [0.15, 0.2) is 5.78 Å². The van der Waals surface area contributed by atoms with Crippen molar-refractivity contribution in [3.63, 3.8) is 0 Å². The molecule has 0 radical (unpaired) electrons. The molecule has 2 aliphatic rings. The van der Waals surface area contributed by atoms with E-state index in [0.717, 1.165) is 18.4 Å². The van der Waals surface area contributed by atoms with Gasteiger partial charge in [0.25, 0.3) is 0 Å². The number of Topliss-reactive ketones (excluding diaryl/α,β-unsaturated/α-hetero) is 1. The van der Waals surface area contributed by atoms with E-state index in [1.54, 1.807) is 0 Å². The average Bonchev–Trinajstić information content (AvgIpc) is 2.50. The predicted molar refractivity (Wildman–Crippen MR) is 61.7 cm³/mol.